The van der Waals surface area contributed by atoms with Gasteiger partial charge in [0, 0.05) is 37.6 Å². The van der Waals surface area contributed by atoms with Gasteiger partial charge in [-0.15, -0.1) is 10.2 Å². The highest BCUT2D eigenvalue weighted by atomic mass is 15.3. The molecule has 118 valence electrons. The topological polar surface area (TPSA) is 70.6 Å². The van der Waals surface area contributed by atoms with Crippen LogP contribution in [0.3, 0.4) is 0 Å². The third kappa shape index (κ3) is 2.77. The largest absolute Gasteiger partial charge is 0.309 e. The number of rotatable bonds is 3. The lowest BCUT2D eigenvalue weighted by Gasteiger charge is -2.27. The Morgan fingerprint density at radius 1 is 1.08 bits per heavy atom. The molecule has 1 aliphatic rings. The van der Waals surface area contributed by atoms with E-state index < -0.39 is 0 Å². The Labute approximate surface area is 140 Å². The molecule has 6 nitrogen and oxygen atoms in total. The highest BCUT2D eigenvalue weighted by molar-refractivity contribution is 5.53. The average molecular weight is 316 g/mol. The first-order valence-corrected chi connectivity index (χ1v) is 7.87. The number of pyridine rings is 1. The van der Waals surface area contributed by atoms with Gasteiger partial charge in [-0.25, -0.2) is 0 Å². The predicted octanol–water partition coefficient (Wildman–Crippen LogP) is 2.23. The maximum atomic E-state index is 8.87. The van der Waals surface area contributed by atoms with Gasteiger partial charge in [0.15, 0.2) is 5.82 Å². The van der Waals surface area contributed by atoms with E-state index in [1.807, 2.05) is 42.6 Å². The van der Waals surface area contributed by atoms with Crippen molar-refractivity contribution in [1.29, 1.82) is 5.26 Å². The molecule has 1 aromatic carbocycles. The first kappa shape index (κ1) is 14.5. The molecular formula is C18H16N6. The Balaban J connectivity index is 1.50. The lowest BCUT2D eigenvalue weighted by molar-refractivity contribution is 0.209. The van der Waals surface area contributed by atoms with E-state index in [2.05, 4.69) is 30.7 Å². The lowest BCUT2D eigenvalue weighted by Crippen LogP contribution is -2.33. The van der Waals surface area contributed by atoms with E-state index in [-0.39, 0.29) is 0 Å². The van der Waals surface area contributed by atoms with Gasteiger partial charge in [-0.2, -0.15) is 5.26 Å². The lowest BCUT2D eigenvalue weighted by atomic mass is 10.1. The van der Waals surface area contributed by atoms with Gasteiger partial charge in [-0.05, 0) is 29.8 Å². The van der Waals surface area contributed by atoms with Crippen molar-refractivity contribution in [2.45, 2.75) is 19.6 Å². The number of fused-ring (bicyclic) bond motifs is 1. The molecule has 4 rings (SSSR count). The first-order valence-electron chi connectivity index (χ1n) is 7.87. The highest BCUT2D eigenvalue weighted by Gasteiger charge is 2.21. The summed E-state index contributed by atoms with van der Waals surface area (Å²) in [4.78, 5) is 6.51. The summed E-state index contributed by atoms with van der Waals surface area (Å²) >= 11 is 0. The van der Waals surface area contributed by atoms with E-state index in [1.54, 1.807) is 6.20 Å². The van der Waals surface area contributed by atoms with Crippen LogP contribution in [0.25, 0.3) is 11.4 Å². The van der Waals surface area contributed by atoms with Crippen LogP contribution in [-0.2, 0) is 19.6 Å². The van der Waals surface area contributed by atoms with Crippen molar-refractivity contribution < 1.29 is 0 Å². The summed E-state index contributed by atoms with van der Waals surface area (Å²) < 4.78 is 2.17. The summed E-state index contributed by atoms with van der Waals surface area (Å²) in [5.74, 6) is 1.87. The number of hydrogen-bond acceptors (Lipinski definition) is 5. The Kier molecular flexibility index (Phi) is 3.77. The van der Waals surface area contributed by atoms with E-state index >= 15 is 0 Å². The molecule has 0 aliphatic carbocycles. The average Bonchev–Trinajstić information content (AvgIpc) is 3.06. The summed E-state index contributed by atoms with van der Waals surface area (Å²) in [7, 11) is 0. The fourth-order valence-electron chi connectivity index (χ4n) is 2.99. The molecule has 0 radical (unpaired) electrons. The van der Waals surface area contributed by atoms with Gasteiger partial charge >= 0.3 is 0 Å². The van der Waals surface area contributed by atoms with Crippen LogP contribution in [0.5, 0.6) is 0 Å². The summed E-state index contributed by atoms with van der Waals surface area (Å²) in [6, 6.07) is 13.8. The van der Waals surface area contributed by atoms with Crippen LogP contribution < -0.4 is 0 Å². The molecule has 1 aliphatic heterocycles. The van der Waals surface area contributed by atoms with E-state index in [0.29, 0.717) is 5.56 Å². The fourth-order valence-corrected chi connectivity index (χ4v) is 2.99. The number of aromatic nitrogens is 4. The summed E-state index contributed by atoms with van der Waals surface area (Å²) in [5, 5.41) is 17.6. The SMILES string of the molecule is N#Cc1ccc(CN2CCn3c(nnc3-c3cccnc3)C2)cc1. The van der Waals surface area contributed by atoms with Crippen molar-refractivity contribution in [2.75, 3.05) is 6.54 Å². The maximum Gasteiger partial charge on any atom is 0.165 e. The minimum atomic E-state index is 0.693. The summed E-state index contributed by atoms with van der Waals surface area (Å²) in [5.41, 5.74) is 2.89. The smallest absolute Gasteiger partial charge is 0.165 e. The molecule has 0 saturated carbocycles. The van der Waals surface area contributed by atoms with Crippen LogP contribution in [0.15, 0.2) is 48.8 Å². The Morgan fingerprint density at radius 2 is 1.96 bits per heavy atom. The number of nitriles is 1. The second-order valence-electron chi connectivity index (χ2n) is 5.85. The maximum absolute atomic E-state index is 8.87. The van der Waals surface area contributed by atoms with Crippen molar-refractivity contribution in [3.8, 4) is 17.5 Å². The van der Waals surface area contributed by atoms with Crippen LogP contribution in [0.4, 0.5) is 0 Å². The molecule has 0 saturated heterocycles. The van der Waals surface area contributed by atoms with E-state index in [4.69, 9.17) is 5.26 Å². The van der Waals surface area contributed by atoms with Gasteiger partial charge in [-0.1, -0.05) is 12.1 Å². The van der Waals surface area contributed by atoms with Crippen molar-refractivity contribution in [3.63, 3.8) is 0 Å². The fraction of sp³-hybridized carbons (Fsp3) is 0.222. The molecule has 0 amide bonds. The highest BCUT2D eigenvalue weighted by Crippen LogP contribution is 2.21. The van der Waals surface area contributed by atoms with Crippen molar-refractivity contribution >= 4 is 0 Å². The van der Waals surface area contributed by atoms with E-state index in [0.717, 1.165) is 43.4 Å². The Bertz CT molecular complexity index is 876. The van der Waals surface area contributed by atoms with Gasteiger partial charge < -0.3 is 4.57 Å². The van der Waals surface area contributed by atoms with Gasteiger partial charge in [0.25, 0.3) is 0 Å². The zero-order chi connectivity index (χ0) is 16.4. The molecule has 0 bridgehead atoms. The quantitative estimate of drug-likeness (QED) is 0.741. The molecule has 3 heterocycles. The van der Waals surface area contributed by atoms with Gasteiger partial charge in [0.2, 0.25) is 0 Å². The zero-order valence-corrected chi connectivity index (χ0v) is 13.1. The molecule has 0 atom stereocenters. The van der Waals surface area contributed by atoms with E-state index in [1.165, 1.54) is 5.56 Å². The van der Waals surface area contributed by atoms with Gasteiger partial charge in [0.1, 0.15) is 5.82 Å². The predicted molar refractivity (Wildman–Crippen MR) is 88.5 cm³/mol. The van der Waals surface area contributed by atoms with Crippen LogP contribution in [0.1, 0.15) is 17.0 Å². The molecule has 2 aromatic heterocycles. The monoisotopic (exact) mass is 316 g/mol. The molecule has 6 heteroatoms. The Morgan fingerprint density at radius 3 is 2.71 bits per heavy atom. The molecule has 0 N–H and O–H groups in total. The second kappa shape index (κ2) is 6.22. The Hall–Kier alpha value is -3.04. The zero-order valence-electron chi connectivity index (χ0n) is 13.1. The van der Waals surface area contributed by atoms with Crippen LogP contribution >= 0.6 is 0 Å². The third-order valence-electron chi connectivity index (χ3n) is 4.24. The van der Waals surface area contributed by atoms with Crippen molar-refractivity contribution in [1.82, 2.24) is 24.6 Å². The van der Waals surface area contributed by atoms with E-state index in [9.17, 15) is 0 Å². The van der Waals surface area contributed by atoms with Crippen molar-refractivity contribution in [3.05, 3.63) is 65.7 Å². The van der Waals surface area contributed by atoms with Crippen LogP contribution in [0, 0.1) is 11.3 Å². The molecule has 3 aromatic rings. The minimum Gasteiger partial charge on any atom is -0.309 e. The van der Waals surface area contributed by atoms with Crippen LogP contribution in [0.2, 0.25) is 0 Å². The summed E-state index contributed by atoms with van der Waals surface area (Å²) in [6.45, 7) is 3.43. The van der Waals surface area contributed by atoms with Gasteiger partial charge in [0.05, 0.1) is 18.2 Å². The number of nitrogens with zero attached hydrogens (tertiary/aromatic N) is 6. The first-order chi connectivity index (χ1) is 11.8. The van der Waals surface area contributed by atoms with Crippen LogP contribution in [-0.4, -0.2) is 31.2 Å². The third-order valence-corrected chi connectivity index (χ3v) is 4.24. The molecule has 0 spiro atoms. The van der Waals surface area contributed by atoms with Gasteiger partial charge in [-0.3, -0.25) is 9.88 Å². The normalized spacial score (nSPS) is 14.1. The summed E-state index contributed by atoms with van der Waals surface area (Å²) in [6.07, 6.45) is 3.58. The van der Waals surface area contributed by atoms with Crippen molar-refractivity contribution in [2.24, 2.45) is 0 Å². The number of benzene rings is 1. The number of hydrogen-bond donors (Lipinski definition) is 0. The molecule has 0 unspecified atom stereocenters. The second-order valence-corrected chi connectivity index (χ2v) is 5.85. The molecule has 0 fully saturated rings. The molecular weight excluding hydrogens is 300 g/mol. The minimum absolute atomic E-state index is 0.693. The standard InChI is InChI=1S/C18H16N6/c19-10-14-3-5-15(6-4-14)12-23-8-9-24-17(13-23)21-22-18(24)16-2-1-7-20-11-16/h1-7,11H,8-9,12-13H2. The molecule has 24 heavy (non-hydrogen) atoms.